The molecule has 1 heterocycles. The monoisotopic (exact) mass is 125 g/mol. The third-order valence-electron chi connectivity index (χ3n) is 1.79. The lowest BCUT2D eigenvalue weighted by molar-refractivity contribution is 0.373. The molecule has 0 aromatic rings. The summed E-state index contributed by atoms with van der Waals surface area (Å²) in [7, 11) is 2.14. The zero-order valence-electron chi connectivity index (χ0n) is 6.30. The first-order chi connectivity index (χ1) is 4.29. The maximum atomic E-state index is 2.31. The van der Waals surface area contributed by atoms with Crippen molar-refractivity contribution >= 4 is 0 Å². The Balaban J connectivity index is 2.40. The van der Waals surface area contributed by atoms with Crippen LogP contribution in [0, 0.1) is 5.92 Å². The van der Waals surface area contributed by atoms with Gasteiger partial charge in [-0.3, -0.25) is 0 Å². The predicted molar refractivity (Wildman–Crippen MR) is 40.2 cm³/mol. The van der Waals surface area contributed by atoms with Crippen LogP contribution in [0.25, 0.3) is 0 Å². The van der Waals surface area contributed by atoms with E-state index < -0.39 is 0 Å². The zero-order valence-corrected chi connectivity index (χ0v) is 6.30. The smallest absolute Gasteiger partial charge is 0.0194 e. The van der Waals surface area contributed by atoms with Crippen molar-refractivity contribution in [3.8, 4) is 0 Å². The zero-order chi connectivity index (χ0) is 6.69. The molecule has 0 spiro atoms. The molecule has 1 unspecified atom stereocenters. The van der Waals surface area contributed by atoms with Crippen LogP contribution in [0.2, 0.25) is 0 Å². The summed E-state index contributed by atoms with van der Waals surface area (Å²) in [5, 5.41) is 0. The average Bonchev–Trinajstić information content (AvgIpc) is 1.93. The molecule has 0 aliphatic carbocycles. The Bertz CT molecular complexity index is 107. The lowest BCUT2D eigenvalue weighted by Crippen LogP contribution is -2.16. The summed E-state index contributed by atoms with van der Waals surface area (Å²) >= 11 is 0. The molecule has 0 aromatic heterocycles. The minimum atomic E-state index is 0.866. The van der Waals surface area contributed by atoms with Crippen LogP contribution >= 0.6 is 0 Å². The lowest BCUT2D eigenvalue weighted by Gasteiger charge is -2.15. The number of nitrogens with zero attached hydrogens (tertiary/aromatic N) is 1. The second-order valence-corrected chi connectivity index (χ2v) is 3.01. The second-order valence-electron chi connectivity index (χ2n) is 3.01. The van der Waals surface area contributed by atoms with Gasteiger partial charge >= 0.3 is 0 Å². The Morgan fingerprint density at radius 2 is 2.33 bits per heavy atom. The van der Waals surface area contributed by atoms with E-state index in [-0.39, 0.29) is 0 Å². The molecule has 0 bridgehead atoms. The molecule has 1 aliphatic heterocycles. The number of rotatable bonds is 0. The van der Waals surface area contributed by atoms with Crippen molar-refractivity contribution in [1.82, 2.24) is 4.90 Å². The summed E-state index contributed by atoms with van der Waals surface area (Å²) in [4.78, 5) is 2.26. The fourth-order valence-corrected chi connectivity index (χ4v) is 1.28. The van der Waals surface area contributed by atoms with Crippen molar-refractivity contribution < 1.29 is 0 Å². The lowest BCUT2D eigenvalue weighted by atomic mass is 10.1. The van der Waals surface area contributed by atoms with Gasteiger partial charge in [0.25, 0.3) is 0 Å². The van der Waals surface area contributed by atoms with Crippen LogP contribution in [0.3, 0.4) is 0 Å². The minimum Gasteiger partial charge on any atom is -0.380 e. The summed E-state index contributed by atoms with van der Waals surface area (Å²) in [6, 6.07) is 0. The largest absolute Gasteiger partial charge is 0.380 e. The van der Waals surface area contributed by atoms with Crippen LogP contribution in [0.4, 0.5) is 0 Å². The summed E-state index contributed by atoms with van der Waals surface area (Å²) < 4.78 is 0. The molecular formula is C8H15N. The van der Waals surface area contributed by atoms with Gasteiger partial charge in [0.1, 0.15) is 0 Å². The van der Waals surface area contributed by atoms with E-state index in [9.17, 15) is 0 Å². The number of hydrogen-bond donors (Lipinski definition) is 0. The SMILES string of the molecule is CC1CCC=CN(C)C1. The fraction of sp³-hybridized carbons (Fsp3) is 0.750. The van der Waals surface area contributed by atoms with Gasteiger partial charge in [-0.15, -0.1) is 0 Å². The van der Waals surface area contributed by atoms with Gasteiger partial charge in [0, 0.05) is 13.6 Å². The van der Waals surface area contributed by atoms with Crippen LogP contribution in [0.1, 0.15) is 19.8 Å². The highest BCUT2D eigenvalue weighted by molar-refractivity contribution is 4.85. The highest BCUT2D eigenvalue weighted by Gasteiger charge is 2.04. The molecule has 9 heavy (non-hydrogen) atoms. The van der Waals surface area contributed by atoms with Gasteiger partial charge in [0.15, 0.2) is 0 Å². The van der Waals surface area contributed by atoms with E-state index in [1.165, 1.54) is 19.4 Å². The quantitative estimate of drug-likeness (QED) is 0.477. The van der Waals surface area contributed by atoms with Crippen LogP contribution in [0.5, 0.6) is 0 Å². The first-order valence-corrected chi connectivity index (χ1v) is 3.66. The van der Waals surface area contributed by atoms with Crippen molar-refractivity contribution in [2.75, 3.05) is 13.6 Å². The predicted octanol–water partition coefficient (Wildman–Crippen LogP) is 1.86. The Morgan fingerprint density at radius 3 is 3.11 bits per heavy atom. The van der Waals surface area contributed by atoms with Gasteiger partial charge in [0.2, 0.25) is 0 Å². The van der Waals surface area contributed by atoms with Gasteiger partial charge in [0.05, 0.1) is 0 Å². The molecule has 0 N–H and O–H groups in total. The Labute approximate surface area is 57.4 Å². The molecule has 0 fully saturated rings. The van der Waals surface area contributed by atoms with Crippen molar-refractivity contribution in [1.29, 1.82) is 0 Å². The molecule has 0 amide bonds. The van der Waals surface area contributed by atoms with Crippen LogP contribution < -0.4 is 0 Å². The van der Waals surface area contributed by atoms with Gasteiger partial charge in [-0.25, -0.2) is 0 Å². The first-order valence-electron chi connectivity index (χ1n) is 3.66. The van der Waals surface area contributed by atoms with Gasteiger partial charge in [-0.05, 0) is 25.0 Å². The van der Waals surface area contributed by atoms with E-state index in [2.05, 4.69) is 31.1 Å². The summed E-state index contributed by atoms with van der Waals surface area (Å²) in [6.07, 6.45) is 7.04. The molecule has 0 saturated heterocycles. The maximum absolute atomic E-state index is 2.31. The van der Waals surface area contributed by atoms with E-state index in [1.807, 2.05) is 0 Å². The highest BCUT2D eigenvalue weighted by Crippen LogP contribution is 2.11. The summed E-state index contributed by atoms with van der Waals surface area (Å²) in [6.45, 7) is 3.53. The van der Waals surface area contributed by atoms with Crippen molar-refractivity contribution in [3.63, 3.8) is 0 Å². The number of allylic oxidation sites excluding steroid dienone is 1. The molecule has 1 heteroatoms. The van der Waals surface area contributed by atoms with Crippen molar-refractivity contribution in [3.05, 3.63) is 12.3 Å². The molecular weight excluding hydrogens is 110 g/mol. The topological polar surface area (TPSA) is 3.24 Å². The highest BCUT2D eigenvalue weighted by atomic mass is 15.1. The second kappa shape index (κ2) is 2.90. The molecule has 1 nitrogen and oxygen atoms in total. The van der Waals surface area contributed by atoms with Crippen LogP contribution in [0.15, 0.2) is 12.3 Å². The van der Waals surface area contributed by atoms with Crippen molar-refractivity contribution in [2.45, 2.75) is 19.8 Å². The van der Waals surface area contributed by atoms with Crippen LogP contribution in [-0.2, 0) is 0 Å². The van der Waals surface area contributed by atoms with E-state index in [1.54, 1.807) is 0 Å². The normalized spacial score (nSPS) is 28.2. The molecule has 1 atom stereocenters. The van der Waals surface area contributed by atoms with E-state index in [4.69, 9.17) is 0 Å². The summed E-state index contributed by atoms with van der Waals surface area (Å²) in [5.41, 5.74) is 0. The molecule has 0 saturated carbocycles. The van der Waals surface area contributed by atoms with Gasteiger partial charge in [-0.1, -0.05) is 13.0 Å². The van der Waals surface area contributed by atoms with Gasteiger partial charge < -0.3 is 4.90 Å². The first kappa shape index (κ1) is 6.66. The Kier molecular flexibility index (Phi) is 2.15. The minimum absolute atomic E-state index is 0.866. The standard InChI is InChI=1S/C8H15N/c1-8-5-3-4-6-9(2)7-8/h4,6,8H,3,5,7H2,1-2H3. The summed E-state index contributed by atoms with van der Waals surface area (Å²) in [5.74, 6) is 0.866. The molecule has 0 aromatic carbocycles. The van der Waals surface area contributed by atoms with E-state index >= 15 is 0 Å². The van der Waals surface area contributed by atoms with Gasteiger partial charge in [-0.2, -0.15) is 0 Å². The Morgan fingerprint density at radius 1 is 1.56 bits per heavy atom. The van der Waals surface area contributed by atoms with E-state index in [0.717, 1.165) is 5.92 Å². The Hall–Kier alpha value is -0.460. The average molecular weight is 125 g/mol. The molecule has 52 valence electrons. The third kappa shape index (κ3) is 2.08. The van der Waals surface area contributed by atoms with E-state index in [0.29, 0.717) is 0 Å². The third-order valence-corrected chi connectivity index (χ3v) is 1.79. The maximum Gasteiger partial charge on any atom is 0.0194 e. The molecule has 1 rings (SSSR count). The number of hydrogen-bond acceptors (Lipinski definition) is 1. The molecule has 1 aliphatic rings. The van der Waals surface area contributed by atoms with Crippen molar-refractivity contribution in [2.24, 2.45) is 5.92 Å². The fourth-order valence-electron chi connectivity index (χ4n) is 1.28. The molecule has 0 radical (unpaired) electrons. The van der Waals surface area contributed by atoms with Crippen LogP contribution in [-0.4, -0.2) is 18.5 Å².